The van der Waals surface area contributed by atoms with E-state index in [2.05, 4.69) is 19.1 Å². The van der Waals surface area contributed by atoms with Gasteiger partial charge in [-0.15, -0.1) is 0 Å². The first-order valence-corrected chi connectivity index (χ1v) is 12.4. The fraction of sp³-hybridized carbons (Fsp3) is 0.846. The molecule has 4 unspecified atom stereocenters. The van der Waals surface area contributed by atoms with Crippen molar-refractivity contribution in [3.63, 3.8) is 0 Å². The molecule has 2 aliphatic rings. The molecule has 0 saturated heterocycles. The highest BCUT2D eigenvalue weighted by Gasteiger charge is 2.48. The molecule has 172 valence electrons. The molecule has 4 heteroatoms. The first-order valence-electron chi connectivity index (χ1n) is 12.4. The lowest BCUT2D eigenvalue weighted by Gasteiger charge is -2.40. The molecule has 2 fully saturated rings. The molecule has 0 aliphatic heterocycles. The van der Waals surface area contributed by atoms with Gasteiger partial charge in [0.25, 0.3) is 0 Å². The van der Waals surface area contributed by atoms with Crippen LogP contribution in [0.3, 0.4) is 0 Å². The van der Waals surface area contributed by atoms with Crippen LogP contribution in [0.25, 0.3) is 0 Å². The molecule has 0 radical (unpaired) electrons. The molecule has 2 aliphatic carbocycles. The van der Waals surface area contributed by atoms with Crippen LogP contribution in [0.4, 0.5) is 0 Å². The lowest BCUT2D eigenvalue weighted by atomic mass is 9.69. The van der Waals surface area contributed by atoms with E-state index in [1.807, 2.05) is 13.8 Å². The second-order valence-electron chi connectivity index (χ2n) is 9.97. The van der Waals surface area contributed by atoms with Gasteiger partial charge in [-0.3, -0.25) is 9.59 Å². The topological polar surface area (TPSA) is 63.6 Å². The van der Waals surface area contributed by atoms with Gasteiger partial charge in [0.05, 0.1) is 11.7 Å². The summed E-state index contributed by atoms with van der Waals surface area (Å²) in [6, 6.07) is 0. The summed E-state index contributed by atoms with van der Waals surface area (Å²) in [7, 11) is 0. The van der Waals surface area contributed by atoms with Gasteiger partial charge in [-0.1, -0.05) is 51.2 Å². The van der Waals surface area contributed by atoms with Crippen molar-refractivity contribution in [2.75, 3.05) is 0 Å². The van der Waals surface area contributed by atoms with Crippen LogP contribution in [0, 0.1) is 17.8 Å². The van der Waals surface area contributed by atoms with Gasteiger partial charge in [-0.05, 0) is 70.6 Å². The third-order valence-electron chi connectivity index (χ3n) is 7.01. The Kier molecular flexibility index (Phi) is 10.6. The van der Waals surface area contributed by atoms with E-state index < -0.39 is 5.60 Å². The van der Waals surface area contributed by atoms with Gasteiger partial charge in [-0.25, -0.2) is 0 Å². The van der Waals surface area contributed by atoms with Gasteiger partial charge in [-0.2, -0.15) is 0 Å². The summed E-state index contributed by atoms with van der Waals surface area (Å²) in [4.78, 5) is 24.2. The maximum Gasteiger partial charge on any atom is 0.306 e. The standard InChI is InChI=1S/C26H44O4/c1-4-5-6-9-12-16-26(29)17-15-22-21(19-26)18-24(27)23(22)13-10-7-8-11-14-25(28)30-20(2)3/h7,10,20-23,29H,4-6,8-9,11-19H2,1-3H3. The van der Waals surface area contributed by atoms with Crippen molar-refractivity contribution in [2.24, 2.45) is 17.8 Å². The number of ether oxygens (including phenoxy) is 1. The fourth-order valence-electron chi connectivity index (χ4n) is 5.45. The molecule has 1 N–H and O–H groups in total. The Morgan fingerprint density at radius 1 is 1.20 bits per heavy atom. The fourth-order valence-corrected chi connectivity index (χ4v) is 5.45. The average Bonchev–Trinajstić information content (AvgIpc) is 2.97. The zero-order valence-electron chi connectivity index (χ0n) is 19.5. The van der Waals surface area contributed by atoms with E-state index >= 15 is 0 Å². The van der Waals surface area contributed by atoms with Crippen molar-refractivity contribution in [1.82, 2.24) is 0 Å². The second kappa shape index (κ2) is 12.6. The van der Waals surface area contributed by atoms with Gasteiger partial charge >= 0.3 is 5.97 Å². The normalized spacial score (nSPS) is 29.0. The number of fused-ring (bicyclic) bond motifs is 1. The molecule has 0 bridgehead atoms. The highest BCUT2D eigenvalue weighted by atomic mass is 16.5. The molecule has 30 heavy (non-hydrogen) atoms. The van der Waals surface area contributed by atoms with Crippen LogP contribution >= 0.6 is 0 Å². The van der Waals surface area contributed by atoms with Gasteiger partial charge in [0.2, 0.25) is 0 Å². The first-order chi connectivity index (χ1) is 14.3. The molecule has 0 aromatic heterocycles. The lowest BCUT2D eigenvalue weighted by Crippen LogP contribution is -2.38. The summed E-state index contributed by atoms with van der Waals surface area (Å²) in [5.41, 5.74) is -0.539. The Balaban J connectivity index is 1.70. The van der Waals surface area contributed by atoms with Gasteiger partial charge in [0.1, 0.15) is 5.78 Å². The molecular weight excluding hydrogens is 376 g/mol. The molecule has 4 atom stereocenters. The number of allylic oxidation sites excluding steroid dienone is 2. The van der Waals surface area contributed by atoms with Crippen LogP contribution in [-0.2, 0) is 14.3 Å². The van der Waals surface area contributed by atoms with Crippen molar-refractivity contribution in [1.29, 1.82) is 0 Å². The minimum atomic E-state index is -0.539. The maximum absolute atomic E-state index is 12.6. The number of carbonyl (C=O) groups excluding carboxylic acids is 2. The van der Waals surface area contributed by atoms with E-state index in [-0.39, 0.29) is 18.0 Å². The number of aliphatic hydroxyl groups is 1. The van der Waals surface area contributed by atoms with Crippen molar-refractivity contribution in [2.45, 2.75) is 122 Å². The van der Waals surface area contributed by atoms with E-state index in [4.69, 9.17) is 4.74 Å². The van der Waals surface area contributed by atoms with Crippen LogP contribution < -0.4 is 0 Å². The maximum atomic E-state index is 12.6. The SMILES string of the molecule is CCCCCCCC1(O)CCC2C(CC(=O)C2CC=CCCCC(=O)OC(C)C)C1. The Bertz CT molecular complexity index is 567. The van der Waals surface area contributed by atoms with Gasteiger partial charge < -0.3 is 9.84 Å². The smallest absolute Gasteiger partial charge is 0.306 e. The quantitative estimate of drug-likeness (QED) is 0.220. The Morgan fingerprint density at radius 3 is 2.70 bits per heavy atom. The Hall–Kier alpha value is -1.16. The van der Waals surface area contributed by atoms with E-state index in [1.54, 1.807) is 0 Å². The van der Waals surface area contributed by atoms with E-state index in [0.717, 1.165) is 51.4 Å². The number of Topliss-reactive ketones (excluding diaryl/α,β-unsaturated/α-hetero) is 1. The van der Waals surface area contributed by atoms with Crippen LogP contribution in [0.2, 0.25) is 0 Å². The molecule has 0 heterocycles. The summed E-state index contributed by atoms with van der Waals surface area (Å²) in [5.74, 6) is 1.21. The third-order valence-corrected chi connectivity index (χ3v) is 7.01. The number of unbranched alkanes of at least 4 members (excludes halogenated alkanes) is 5. The van der Waals surface area contributed by atoms with E-state index in [0.29, 0.717) is 30.5 Å². The number of esters is 1. The minimum Gasteiger partial charge on any atom is -0.463 e. The largest absolute Gasteiger partial charge is 0.463 e. The predicted molar refractivity (Wildman–Crippen MR) is 121 cm³/mol. The average molecular weight is 421 g/mol. The summed E-state index contributed by atoms with van der Waals surface area (Å²) in [6.45, 7) is 5.95. The lowest BCUT2D eigenvalue weighted by molar-refractivity contribution is -0.147. The number of hydrogen-bond donors (Lipinski definition) is 1. The highest BCUT2D eigenvalue weighted by molar-refractivity contribution is 5.84. The van der Waals surface area contributed by atoms with Crippen molar-refractivity contribution < 1.29 is 19.4 Å². The number of rotatable bonds is 13. The summed E-state index contributed by atoms with van der Waals surface area (Å²) < 4.78 is 5.14. The molecule has 2 saturated carbocycles. The van der Waals surface area contributed by atoms with Gasteiger partial charge in [0, 0.05) is 18.8 Å². The first kappa shape index (κ1) is 25.1. The zero-order chi connectivity index (χ0) is 22.0. The van der Waals surface area contributed by atoms with Gasteiger partial charge in [0.15, 0.2) is 0 Å². The van der Waals surface area contributed by atoms with Crippen molar-refractivity contribution >= 4 is 11.8 Å². The molecule has 0 aromatic rings. The number of hydrogen-bond acceptors (Lipinski definition) is 4. The van der Waals surface area contributed by atoms with Crippen LogP contribution in [-0.4, -0.2) is 28.6 Å². The molecule has 0 aromatic carbocycles. The number of ketones is 1. The molecule has 4 nitrogen and oxygen atoms in total. The predicted octanol–water partition coefficient (Wildman–Crippen LogP) is 6.15. The van der Waals surface area contributed by atoms with Crippen LogP contribution in [0.1, 0.15) is 111 Å². The number of carbonyl (C=O) groups is 2. The van der Waals surface area contributed by atoms with Crippen LogP contribution in [0.15, 0.2) is 12.2 Å². The summed E-state index contributed by atoms with van der Waals surface area (Å²) in [6.07, 6.45) is 17.4. The molecule has 0 spiro atoms. The third kappa shape index (κ3) is 8.17. The molecular formula is C26H44O4. The molecule has 0 amide bonds. The van der Waals surface area contributed by atoms with E-state index in [1.165, 1.54) is 25.7 Å². The highest BCUT2D eigenvalue weighted by Crippen LogP contribution is 2.49. The summed E-state index contributed by atoms with van der Waals surface area (Å²) in [5, 5.41) is 11.1. The van der Waals surface area contributed by atoms with E-state index in [9.17, 15) is 14.7 Å². The minimum absolute atomic E-state index is 0.0522. The monoisotopic (exact) mass is 420 g/mol. The zero-order valence-corrected chi connectivity index (χ0v) is 19.5. The summed E-state index contributed by atoms with van der Waals surface area (Å²) >= 11 is 0. The Morgan fingerprint density at radius 2 is 1.97 bits per heavy atom. The van der Waals surface area contributed by atoms with Crippen molar-refractivity contribution in [3.8, 4) is 0 Å². The Labute approximate surface area is 183 Å². The van der Waals surface area contributed by atoms with Crippen molar-refractivity contribution in [3.05, 3.63) is 12.2 Å². The second-order valence-corrected chi connectivity index (χ2v) is 9.97. The molecule has 2 rings (SSSR count). The van der Waals surface area contributed by atoms with Crippen LogP contribution in [0.5, 0.6) is 0 Å².